The Kier molecular flexibility index (Phi) is 5.50. The highest BCUT2D eigenvalue weighted by Gasteiger charge is 2.20. The van der Waals surface area contributed by atoms with Gasteiger partial charge in [0.25, 0.3) is 0 Å². The number of aryl methyl sites for hydroxylation is 1. The third kappa shape index (κ3) is 3.78. The number of hydrogen-bond donors (Lipinski definition) is 1. The second-order valence-corrected chi connectivity index (χ2v) is 4.62. The number of aromatic nitrogens is 2. The minimum Gasteiger partial charge on any atom is -0.383 e. The third-order valence-corrected chi connectivity index (χ3v) is 3.23. The lowest BCUT2D eigenvalue weighted by Crippen LogP contribution is -2.34. The molecule has 0 aliphatic heterocycles. The van der Waals surface area contributed by atoms with Gasteiger partial charge in [-0.3, -0.25) is 4.57 Å². The van der Waals surface area contributed by atoms with Crippen LogP contribution in [0.5, 0.6) is 0 Å². The largest absolute Gasteiger partial charge is 0.383 e. The number of nitrogens with two attached hydrogens (primary N) is 1. The maximum Gasteiger partial charge on any atom is 0.351 e. The van der Waals surface area contributed by atoms with Crippen molar-refractivity contribution in [3.05, 3.63) is 22.2 Å². The first-order valence-corrected chi connectivity index (χ1v) is 6.44. The minimum atomic E-state index is -0.415. The molecule has 0 amide bonds. The van der Waals surface area contributed by atoms with Gasteiger partial charge < -0.3 is 15.2 Å². The van der Waals surface area contributed by atoms with Crippen LogP contribution in [0.25, 0.3) is 0 Å². The van der Waals surface area contributed by atoms with Crippen molar-refractivity contribution in [3.63, 3.8) is 0 Å². The first kappa shape index (κ1) is 15.7. The monoisotopic (exact) mass is 269 g/mol. The average Bonchev–Trinajstić information content (AvgIpc) is 2.38. The summed E-state index contributed by atoms with van der Waals surface area (Å²) in [7, 11) is 1.64. The lowest BCUT2D eigenvalue weighted by molar-refractivity contribution is -0.105. The summed E-state index contributed by atoms with van der Waals surface area (Å²) in [4.78, 5) is 15.6. The van der Waals surface area contributed by atoms with Gasteiger partial charge in [0, 0.05) is 18.9 Å². The molecule has 6 heteroatoms. The summed E-state index contributed by atoms with van der Waals surface area (Å²) in [6.07, 6.45) is 1.94. The molecule has 3 atom stereocenters. The van der Waals surface area contributed by atoms with E-state index in [-0.39, 0.29) is 18.0 Å². The number of nitrogen functional groups attached to an aromatic ring is 1. The fourth-order valence-electron chi connectivity index (χ4n) is 1.85. The van der Waals surface area contributed by atoms with E-state index in [1.54, 1.807) is 20.2 Å². The quantitative estimate of drug-likeness (QED) is 0.846. The van der Waals surface area contributed by atoms with E-state index in [1.165, 1.54) is 4.57 Å². The Hall–Kier alpha value is -1.40. The maximum atomic E-state index is 11.8. The van der Waals surface area contributed by atoms with Crippen molar-refractivity contribution in [2.45, 2.75) is 52.6 Å². The highest BCUT2D eigenvalue weighted by molar-refractivity contribution is 5.35. The number of rotatable bonds is 6. The van der Waals surface area contributed by atoms with Gasteiger partial charge in [-0.1, -0.05) is 6.92 Å². The average molecular weight is 269 g/mol. The van der Waals surface area contributed by atoms with E-state index in [4.69, 9.17) is 15.2 Å². The normalized spacial score (nSPS) is 16.1. The molecule has 108 valence electrons. The predicted molar refractivity (Wildman–Crippen MR) is 74.0 cm³/mol. The van der Waals surface area contributed by atoms with E-state index in [1.807, 2.05) is 20.8 Å². The van der Waals surface area contributed by atoms with Crippen LogP contribution in [0, 0.1) is 6.92 Å². The molecular weight excluding hydrogens is 246 g/mol. The van der Waals surface area contributed by atoms with E-state index in [9.17, 15) is 4.79 Å². The number of ether oxygens (including phenoxy) is 2. The van der Waals surface area contributed by atoms with Crippen molar-refractivity contribution in [2.75, 3.05) is 12.8 Å². The molecule has 6 nitrogen and oxygen atoms in total. The van der Waals surface area contributed by atoms with Crippen molar-refractivity contribution in [2.24, 2.45) is 0 Å². The van der Waals surface area contributed by atoms with Crippen LogP contribution < -0.4 is 11.4 Å². The molecule has 1 aromatic rings. The topological polar surface area (TPSA) is 79.4 Å². The van der Waals surface area contributed by atoms with Gasteiger partial charge in [-0.2, -0.15) is 4.98 Å². The van der Waals surface area contributed by atoms with E-state index in [2.05, 4.69) is 4.98 Å². The molecular formula is C13H23N3O3. The molecule has 0 aliphatic rings. The fourth-order valence-corrected chi connectivity index (χ4v) is 1.85. The summed E-state index contributed by atoms with van der Waals surface area (Å²) in [6, 6.07) is 0. The van der Waals surface area contributed by atoms with Gasteiger partial charge in [-0.15, -0.1) is 0 Å². The number of nitrogens with zero attached hydrogens (tertiary/aromatic N) is 2. The second-order valence-electron chi connectivity index (χ2n) is 4.62. The molecule has 1 rings (SSSR count). The van der Waals surface area contributed by atoms with E-state index >= 15 is 0 Å². The van der Waals surface area contributed by atoms with Gasteiger partial charge in [0.1, 0.15) is 12.0 Å². The van der Waals surface area contributed by atoms with E-state index < -0.39 is 11.9 Å². The predicted octanol–water partition coefficient (Wildman–Crippen LogP) is 1.48. The van der Waals surface area contributed by atoms with Crippen LogP contribution in [0.15, 0.2) is 11.0 Å². The molecule has 1 aromatic heterocycles. The van der Waals surface area contributed by atoms with Crippen LogP contribution in [0.3, 0.4) is 0 Å². The van der Waals surface area contributed by atoms with Crippen LogP contribution in [-0.4, -0.2) is 28.9 Å². The molecule has 19 heavy (non-hydrogen) atoms. The third-order valence-electron chi connectivity index (χ3n) is 3.23. The molecule has 0 radical (unpaired) electrons. The molecule has 0 aliphatic carbocycles. The number of hydrogen-bond acceptors (Lipinski definition) is 5. The van der Waals surface area contributed by atoms with Crippen LogP contribution in [0.2, 0.25) is 0 Å². The van der Waals surface area contributed by atoms with E-state index in [0.29, 0.717) is 0 Å². The summed E-state index contributed by atoms with van der Waals surface area (Å²) in [5.74, 6) is 0.255. The zero-order valence-corrected chi connectivity index (χ0v) is 12.2. The first-order chi connectivity index (χ1) is 8.90. The molecule has 0 fully saturated rings. The van der Waals surface area contributed by atoms with Gasteiger partial charge in [0.2, 0.25) is 0 Å². The lowest BCUT2D eigenvalue weighted by atomic mass is 10.2. The Balaban J connectivity index is 2.91. The zero-order chi connectivity index (χ0) is 14.6. The molecule has 0 bridgehead atoms. The van der Waals surface area contributed by atoms with Crippen molar-refractivity contribution in [1.82, 2.24) is 9.55 Å². The highest BCUT2D eigenvalue weighted by Crippen LogP contribution is 2.16. The van der Waals surface area contributed by atoms with Crippen LogP contribution in [0.4, 0.5) is 5.82 Å². The van der Waals surface area contributed by atoms with Gasteiger partial charge in [-0.05, 0) is 27.2 Å². The summed E-state index contributed by atoms with van der Waals surface area (Å²) >= 11 is 0. The Morgan fingerprint density at radius 1 is 1.47 bits per heavy atom. The van der Waals surface area contributed by atoms with Crippen LogP contribution in [0.1, 0.15) is 39.0 Å². The molecule has 0 saturated heterocycles. The lowest BCUT2D eigenvalue weighted by Gasteiger charge is -2.26. The van der Waals surface area contributed by atoms with Crippen molar-refractivity contribution in [3.8, 4) is 0 Å². The van der Waals surface area contributed by atoms with Crippen molar-refractivity contribution < 1.29 is 9.47 Å². The van der Waals surface area contributed by atoms with Gasteiger partial charge in [0.05, 0.1) is 12.2 Å². The highest BCUT2D eigenvalue weighted by atomic mass is 16.5. The second kappa shape index (κ2) is 6.68. The Morgan fingerprint density at radius 2 is 2.11 bits per heavy atom. The fraction of sp³-hybridized carbons (Fsp3) is 0.692. The minimum absolute atomic E-state index is 0.0361. The summed E-state index contributed by atoms with van der Waals surface area (Å²) < 4.78 is 12.6. The van der Waals surface area contributed by atoms with E-state index in [0.717, 1.165) is 12.0 Å². The maximum absolute atomic E-state index is 11.8. The van der Waals surface area contributed by atoms with Gasteiger partial charge in [-0.25, -0.2) is 4.79 Å². The standard InChI is InChI=1S/C13H23N3O3/c1-6-11(9(3)18-5)19-10(4)16-7-8(2)12(14)15-13(16)17/h7,9-11H,6H2,1-5H3,(H2,14,15,17)/t9?,10?,11-/m0/s1. The number of methoxy groups -OCH3 is 1. The van der Waals surface area contributed by atoms with Crippen LogP contribution in [-0.2, 0) is 9.47 Å². The SMILES string of the molecule is CC[C@H](OC(C)n1cc(C)c(N)nc1=O)C(C)OC. The summed E-state index contributed by atoms with van der Waals surface area (Å²) in [5.41, 5.74) is 5.95. The van der Waals surface area contributed by atoms with Crippen molar-refractivity contribution in [1.29, 1.82) is 0 Å². The Bertz CT molecular complexity index is 473. The smallest absolute Gasteiger partial charge is 0.351 e. The van der Waals surface area contributed by atoms with Crippen LogP contribution >= 0.6 is 0 Å². The number of anilines is 1. The van der Waals surface area contributed by atoms with Crippen molar-refractivity contribution >= 4 is 5.82 Å². The Labute approximate surface area is 113 Å². The first-order valence-electron chi connectivity index (χ1n) is 6.44. The Morgan fingerprint density at radius 3 is 2.63 bits per heavy atom. The summed E-state index contributed by atoms with van der Waals surface area (Å²) in [6.45, 7) is 7.57. The molecule has 1 heterocycles. The molecule has 0 spiro atoms. The molecule has 0 saturated carbocycles. The summed E-state index contributed by atoms with van der Waals surface area (Å²) in [5, 5.41) is 0. The van der Waals surface area contributed by atoms with Gasteiger partial charge in [0.15, 0.2) is 0 Å². The molecule has 2 unspecified atom stereocenters. The van der Waals surface area contributed by atoms with Gasteiger partial charge >= 0.3 is 5.69 Å². The molecule has 0 aromatic carbocycles. The molecule has 2 N–H and O–H groups in total. The zero-order valence-electron chi connectivity index (χ0n) is 12.2.